The monoisotopic (exact) mass is 357 g/mol. The maximum atomic E-state index is 12.5. The van der Waals surface area contributed by atoms with E-state index in [2.05, 4.69) is 25.6 Å². The number of nitrogens with one attached hydrogen (secondary N) is 2. The summed E-state index contributed by atoms with van der Waals surface area (Å²) in [5, 5.41) is 7.51. The fourth-order valence-electron chi connectivity index (χ4n) is 1.86. The van der Waals surface area contributed by atoms with E-state index in [1.54, 1.807) is 6.20 Å². The maximum Gasteiger partial charge on any atom is 0.434 e. The number of pyridine rings is 1. The van der Waals surface area contributed by atoms with Crippen LogP contribution < -0.4 is 10.6 Å². The molecule has 0 spiro atoms. The van der Waals surface area contributed by atoms with Gasteiger partial charge in [0, 0.05) is 36.8 Å². The van der Waals surface area contributed by atoms with E-state index in [4.69, 9.17) is 0 Å². The molecule has 2 heterocycles. The van der Waals surface area contributed by atoms with Crippen molar-refractivity contribution in [3.05, 3.63) is 46.2 Å². The van der Waals surface area contributed by atoms with Crippen LogP contribution in [0.5, 0.6) is 0 Å². The Kier molecular flexibility index (Phi) is 6.53. The Labute approximate surface area is 142 Å². The van der Waals surface area contributed by atoms with Crippen LogP contribution >= 0.6 is 11.3 Å². The van der Waals surface area contributed by atoms with Gasteiger partial charge in [0.15, 0.2) is 11.7 Å². The molecule has 5 nitrogen and oxygen atoms in total. The number of alkyl halides is 3. The lowest BCUT2D eigenvalue weighted by atomic mass is 10.3. The molecule has 0 amide bonds. The van der Waals surface area contributed by atoms with Gasteiger partial charge in [-0.2, -0.15) is 13.2 Å². The van der Waals surface area contributed by atoms with E-state index in [1.165, 1.54) is 0 Å². The van der Waals surface area contributed by atoms with Crippen molar-refractivity contribution in [2.24, 2.45) is 4.99 Å². The first kappa shape index (κ1) is 18.2. The van der Waals surface area contributed by atoms with Crippen LogP contribution in [0.25, 0.3) is 0 Å². The van der Waals surface area contributed by atoms with Gasteiger partial charge in [-0.1, -0.05) is 6.07 Å². The zero-order valence-corrected chi connectivity index (χ0v) is 13.9. The average Bonchev–Trinajstić information content (AvgIpc) is 3.03. The first-order chi connectivity index (χ1) is 11.5. The van der Waals surface area contributed by atoms with Gasteiger partial charge in [0.25, 0.3) is 0 Å². The highest BCUT2D eigenvalue weighted by Gasteiger charge is 2.33. The second-order valence-corrected chi connectivity index (χ2v) is 5.76. The van der Waals surface area contributed by atoms with Crippen LogP contribution in [0.1, 0.15) is 23.3 Å². The van der Waals surface area contributed by atoms with E-state index in [9.17, 15) is 13.2 Å². The molecule has 0 saturated carbocycles. The Bertz CT molecular complexity index is 655. The molecule has 0 atom stereocenters. The van der Waals surface area contributed by atoms with Gasteiger partial charge < -0.3 is 10.6 Å². The molecule has 0 aliphatic rings. The summed E-state index contributed by atoms with van der Waals surface area (Å²) in [6.07, 6.45) is -1.96. The summed E-state index contributed by atoms with van der Waals surface area (Å²) in [5.74, 6) is 0.539. The Morgan fingerprint density at radius 2 is 2.12 bits per heavy atom. The standard InChI is InChI=1S/C15H18F3N5S/c1-2-19-14(21-8-6-11-5-3-4-7-20-11)22-9-13-23-12(10-24-13)15(16,17)18/h3-5,7,10H,2,6,8-9H2,1H3,(H2,19,21,22). The summed E-state index contributed by atoms with van der Waals surface area (Å²) in [6, 6.07) is 5.70. The summed E-state index contributed by atoms with van der Waals surface area (Å²) in [6.45, 7) is 3.29. The molecular weight excluding hydrogens is 339 g/mol. The molecule has 2 aromatic heterocycles. The number of nitrogens with zero attached hydrogens (tertiary/aromatic N) is 3. The highest BCUT2D eigenvalue weighted by molar-refractivity contribution is 7.09. The summed E-state index contributed by atoms with van der Waals surface area (Å²) >= 11 is 0.953. The molecule has 0 aromatic carbocycles. The minimum absolute atomic E-state index is 0.0969. The van der Waals surface area contributed by atoms with E-state index < -0.39 is 11.9 Å². The van der Waals surface area contributed by atoms with Gasteiger partial charge in [0.05, 0.1) is 6.54 Å². The molecule has 130 valence electrons. The molecule has 0 bridgehead atoms. The SMILES string of the molecule is CCNC(=NCc1nc(C(F)(F)F)cs1)NCCc1ccccn1. The van der Waals surface area contributed by atoms with Gasteiger partial charge in [0.1, 0.15) is 5.01 Å². The maximum absolute atomic E-state index is 12.5. The molecule has 0 saturated heterocycles. The molecule has 2 aromatic rings. The van der Waals surface area contributed by atoms with Crippen molar-refractivity contribution in [3.63, 3.8) is 0 Å². The highest BCUT2D eigenvalue weighted by atomic mass is 32.1. The zero-order valence-electron chi connectivity index (χ0n) is 13.1. The molecular formula is C15H18F3N5S. The first-order valence-corrected chi connectivity index (χ1v) is 8.30. The van der Waals surface area contributed by atoms with Gasteiger partial charge in [-0.25, -0.2) is 9.98 Å². The van der Waals surface area contributed by atoms with Gasteiger partial charge in [-0.3, -0.25) is 4.98 Å². The van der Waals surface area contributed by atoms with Crippen molar-refractivity contribution >= 4 is 17.3 Å². The lowest BCUT2D eigenvalue weighted by Crippen LogP contribution is -2.38. The van der Waals surface area contributed by atoms with Crippen molar-refractivity contribution in [1.82, 2.24) is 20.6 Å². The quantitative estimate of drug-likeness (QED) is 0.616. The van der Waals surface area contributed by atoms with E-state index >= 15 is 0 Å². The fourth-order valence-corrected chi connectivity index (χ4v) is 2.58. The van der Waals surface area contributed by atoms with Gasteiger partial charge >= 0.3 is 6.18 Å². The van der Waals surface area contributed by atoms with E-state index in [-0.39, 0.29) is 6.54 Å². The van der Waals surface area contributed by atoms with Crippen LogP contribution in [-0.2, 0) is 19.1 Å². The Balaban J connectivity index is 1.89. The second-order valence-electron chi connectivity index (χ2n) is 4.82. The van der Waals surface area contributed by atoms with Crippen LogP contribution in [0.2, 0.25) is 0 Å². The van der Waals surface area contributed by atoms with Crippen LogP contribution in [0.15, 0.2) is 34.8 Å². The first-order valence-electron chi connectivity index (χ1n) is 7.42. The Morgan fingerprint density at radius 3 is 2.75 bits per heavy atom. The largest absolute Gasteiger partial charge is 0.434 e. The fraction of sp³-hybridized carbons (Fsp3) is 0.400. The van der Waals surface area contributed by atoms with Gasteiger partial charge in [-0.05, 0) is 19.1 Å². The van der Waals surface area contributed by atoms with Crippen molar-refractivity contribution < 1.29 is 13.2 Å². The third-order valence-electron chi connectivity index (χ3n) is 2.96. The van der Waals surface area contributed by atoms with Crippen LogP contribution in [0, 0.1) is 0 Å². The van der Waals surface area contributed by atoms with E-state index in [0.29, 0.717) is 24.1 Å². The predicted molar refractivity (Wildman–Crippen MR) is 87.9 cm³/mol. The molecule has 0 fully saturated rings. The average molecular weight is 357 g/mol. The molecule has 0 aliphatic carbocycles. The number of halogens is 3. The molecule has 9 heteroatoms. The summed E-state index contributed by atoms with van der Waals surface area (Å²) < 4.78 is 37.6. The topological polar surface area (TPSA) is 62.2 Å². The number of rotatable bonds is 6. The molecule has 0 aliphatic heterocycles. The Morgan fingerprint density at radius 1 is 1.29 bits per heavy atom. The number of hydrogen-bond acceptors (Lipinski definition) is 4. The highest BCUT2D eigenvalue weighted by Crippen LogP contribution is 2.30. The van der Waals surface area contributed by atoms with Crippen LogP contribution in [0.4, 0.5) is 13.2 Å². The summed E-state index contributed by atoms with van der Waals surface area (Å²) in [4.78, 5) is 12.1. The van der Waals surface area contributed by atoms with E-state index in [0.717, 1.165) is 28.8 Å². The number of guanidine groups is 1. The number of aliphatic imine (C=N–C) groups is 1. The smallest absolute Gasteiger partial charge is 0.357 e. The lowest BCUT2D eigenvalue weighted by molar-refractivity contribution is -0.140. The summed E-state index contributed by atoms with van der Waals surface area (Å²) in [7, 11) is 0. The predicted octanol–water partition coefficient (Wildman–Crippen LogP) is 2.85. The van der Waals surface area contributed by atoms with Gasteiger partial charge in [0.2, 0.25) is 0 Å². The summed E-state index contributed by atoms with van der Waals surface area (Å²) in [5.41, 5.74) is 0.0846. The van der Waals surface area contributed by atoms with Gasteiger partial charge in [-0.15, -0.1) is 11.3 Å². The molecule has 0 radical (unpaired) electrons. The molecule has 24 heavy (non-hydrogen) atoms. The minimum Gasteiger partial charge on any atom is -0.357 e. The van der Waals surface area contributed by atoms with Crippen molar-refractivity contribution in [2.75, 3.05) is 13.1 Å². The third kappa shape index (κ3) is 5.80. The third-order valence-corrected chi connectivity index (χ3v) is 3.79. The second kappa shape index (κ2) is 8.62. The molecule has 2 rings (SSSR count). The number of hydrogen-bond donors (Lipinski definition) is 2. The van der Waals surface area contributed by atoms with Crippen LogP contribution in [-0.4, -0.2) is 29.0 Å². The Hall–Kier alpha value is -2.16. The van der Waals surface area contributed by atoms with Crippen LogP contribution in [0.3, 0.4) is 0 Å². The zero-order chi connectivity index (χ0) is 17.4. The van der Waals surface area contributed by atoms with Crippen molar-refractivity contribution in [1.29, 1.82) is 0 Å². The number of thiazole rings is 1. The van der Waals surface area contributed by atoms with Crippen molar-refractivity contribution in [2.45, 2.75) is 26.1 Å². The minimum atomic E-state index is -4.41. The van der Waals surface area contributed by atoms with Crippen molar-refractivity contribution in [3.8, 4) is 0 Å². The number of aromatic nitrogens is 2. The lowest BCUT2D eigenvalue weighted by Gasteiger charge is -2.10. The molecule has 0 unspecified atom stereocenters. The molecule has 2 N–H and O–H groups in total. The normalized spacial score (nSPS) is 12.2. The van der Waals surface area contributed by atoms with E-state index in [1.807, 2.05) is 25.1 Å².